The van der Waals surface area contributed by atoms with Crippen molar-refractivity contribution in [3.63, 3.8) is 0 Å². The van der Waals surface area contributed by atoms with Crippen molar-refractivity contribution in [1.29, 1.82) is 0 Å². The van der Waals surface area contributed by atoms with E-state index in [0.29, 0.717) is 19.3 Å². The maximum absolute atomic E-state index is 14.2. The average Bonchev–Trinajstić information content (AvgIpc) is 2.62. The topological polar surface area (TPSA) is 29.9 Å². The van der Waals surface area contributed by atoms with E-state index < -0.39 is 5.67 Å². The zero-order valence-corrected chi connectivity index (χ0v) is 9.17. The van der Waals surface area contributed by atoms with Crippen LogP contribution in [-0.2, 0) is 13.5 Å². The molecule has 15 heavy (non-hydrogen) atoms. The van der Waals surface area contributed by atoms with Crippen molar-refractivity contribution < 1.29 is 4.39 Å². The minimum absolute atomic E-state index is 0.597. The molecule has 0 aromatic carbocycles. The second-order valence-electron chi connectivity index (χ2n) is 4.36. The van der Waals surface area contributed by atoms with Gasteiger partial charge in [0, 0.05) is 25.9 Å². The number of aromatic nitrogens is 2. The highest BCUT2D eigenvalue weighted by atomic mass is 19.1. The smallest absolute Gasteiger partial charge is 0.114 e. The van der Waals surface area contributed by atoms with E-state index in [1.807, 2.05) is 17.8 Å². The molecule has 0 unspecified atom stereocenters. The molecule has 2 rings (SSSR count). The number of alkyl halides is 1. The predicted octanol–water partition coefficient (Wildman–Crippen LogP) is 1.44. The Kier molecular flexibility index (Phi) is 3.05. The van der Waals surface area contributed by atoms with Crippen molar-refractivity contribution in [2.45, 2.75) is 31.4 Å². The lowest BCUT2D eigenvalue weighted by Crippen LogP contribution is -2.39. The summed E-state index contributed by atoms with van der Waals surface area (Å²) in [5.41, 5.74) is -0.975. The Bertz CT molecular complexity index is 315. The van der Waals surface area contributed by atoms with Crippen molar-refractivity contribution in [2.24, 2.45) is 7.05 Å². The molecule has 1 aromatic heterocycles. The number of nitrogens with one attached hydrogen (secondary N) is 1. The van der Waals surface area contributed by atoms with Gasteiger partial charge in [0.15, 0.2) is 0 Å². The monoisotopic (exact) mass is 211 g/mol. The standard InChI is InChI=1S/C11H18FN3/c1-15-9-8-14-10(15)2-3-11(12)4-6-13-7-5-11/h8-9,13H,2-7H2,1H3. The molecule has 3 nitrogen and oxygen atoms in total. The van der Waals surface area contributed by atoms with Crippen molar-refractivity contribution in [1.82, 2.24) is 14.9 Å². The number of hydrogen-bond acceptors (Lipinski definition) is 2. The fourth-order valence-electron chi connectivity index (χ4n) is 2.10. The van der Waals surface area contributed by atoms with Gasteiger partial charge in [-0.1, -0.05) is 0 Å². The molecule has 0 bridgehead atoms. The number of aryl methyl sites for hydroxylation is 2. The van der Waals surface area contributed by atoms with Crippen LogP contribution in [0.15, 0.2) is 12.4 Å². The second kappa shape index (κ2) is 4.31. The van der Waals surface area contributed by atoms with E-state index in [4.69, 9.17) is 0 Å². The van der Waals surface area contributed by atoms with Crippen LogP contribution < -0.4 is 5.32 Å². The Hall–Kier alpha value is -0.900. The van der Waals surface area contributed by atoms with Crippen LogP contribution in [0, 0.1) is 0 Å². The summed E-state index contributed by atoms with van der Waals surface area (Å²) in [5, 5.41) is 3.18. The van der Waals surface area contributed by atoms with Crippen molar-refractivity contribution in [2.75, 3.05) is 13.1 Å². The molecule has 0 spiro atoms. The summed E-state index contributed by atoms with van der Waals surface area (Å²) in [5.74, 6) is 0.977. The maximum Gasteiger partial charge on any atom is 0.114 e. The Morgan fingerprint density at radius 3 is 2.87 bits per heavy atom. The van der Waals surface area contributed by atoms with Crippen LogP contribution in [0.4, 0.5) is 4.39 Å². The highest BCUT2D eigenvalue weighted by Gasteiger charge is 2.31. The van der Waals surface area contributed by atoms with Gasteiger partial charge >= 0.3 is 0 Å². The van der Waals surface area contributed by atoms with E-state index in [9.17, 15) is 4.39 Å². The van der Waals surface area contributed by atoms with E-state index in [1.54, 1.807) is 6.20 Å². The van der Waals surface area contributed by atoms with Crippen molar-refractivity contribution in [3.8, 4) is 0 Å². The summed E-state index contributed by atoms with van der Waals surface area (Å²) in [7, 11) is 1.95. The summed E-state index contributed by atoms with van der Waals surface area (Å²) in [4.78, 5) is 4.21. The first-order chi connectivity index (χ1) is 7.20. The number of rotatable bonds is 3. The first-order valence-corrected chi connectivity index (χ1v) is 5.55. The van der Waals surface area contributed by atoms with Crippen LogP contribution in [0.2, 0.25) is 0 Å². The zero-order chi connectivity index (χ0) is 10.7. The van der Waals surface area contributed by atoms with Gasteiger partial charge in [0.05, 0.1) is 0 Å². The molecule has 0 atom stereocenters. The van der Waals surface area contributed by atoms with Gasteiger partial charge in [-0.3, -0.25) is 0 Å². The van der Waals surface area contributed by atoms with Gasteiger partial charge in [0.1, 0.15) is 11.5 Å². The molecule has 0 amide bonds. The quantitative estimate of drug-likeness (QED) is 0.820. The summed E-state index contributed by atoms with van der Waals surface area (Å²) in [6.45, 7) is 1.61. The number of halogens is 1. The van der Waals surface area contributed by atoms with E-state index in [2.05, 4.69) is 10.3 Å². The van der Waals surface area contributed by atoms with Gasteiger partial charge in [-0.05, 0) is 32.4 Å². The molecule has 0 aliphatic carbocycles. The summed E-state index contributed by atoms with van der Waals surface area (Å²) >= 11 is 0. The molecule has 4 heteroatoms. The number of imidazole rings is 1. The molecular formula is C11H18FN3. The summed E-state index contributed by atoms with van der Waals surface area (Å²) in [6, 6.07) is 0. The summed E-state index contributed by atoms with van der Waals surface area (Å²) in [6.07, 6.45) is 6.28. The molecule has 2 heterocycles. The predicted molar refractivity (Wildman–Crippen MR) is 57.5 cm³/mol. The molecule has 0 saturated carbocycles. The van der Waals surface area contributed by atoms with Crippen molar-refractivity contribution >= 4 is 0 Å². The van der Waals surface area contributed by atoms with Crippen LogP contribution in [0.3, 0.4) is 0 Å². The second-order valence-corrected chi connectivity index (χ2v) is 4.36. The minimum atomic E-state index is -0.975. The van der Waals surface area contributed by atoms with Gasteiger partial charge in [-0.2, -0.15) is 0 Å². The molecule has 1 aliphatic rings. The largest absolute Gasteiger partial charge is 0.338 e. The number of nitrogens with zero attached hydrogens (tertiary/aromatic N) is 2. The maximum atomic E-state index is 14.2. The lowest BCUT2D eigenvalue weighted by molar-refractivity contribution is 0.104. The third kappa shape index (κ3) is 2.56. The Balaban J connectivity index is 1.89. The average molecular weight is 211 g/mol. The molecule has 1 saturated heterocycles. The van der Waals surface area contributed by atoms with E-state index >= 15 is 0 Å². The Labute approximate surface area is 89.7 Å². The minimum Gasteiger partial charge on any atom is -0.338 e. The zero-order valence-electron chi connectivity index (χ0n) is 9.17. The first kappa shape index (κ1) is 10.6. The van der Waals surface area contributed by atoms with Gasteiger partial charge < -0.3 is 9.88 Å². The first-order valence-electron chi connectivity index (χ1n) is 5.55. The van der Waals surface area contributed by atoms with E-state index in [-0.39, 0.29) is 0 Å². The number of piperidine rings is 1. The lowest BCUT2D eigenvalue weighted by Gasteiger charge is -2.29. The van der Waals surface area contributed by atoms with Crippen LogP contribution in [-0.4, -0.2) is 28.3 Å². The molecule has 1 fully saturated rings. The number of hydrogen-bond donors (Lipinski definition) is 1. The van der Waals surface area contributed by atoms with E-state index in [1.165, 1.54) is 0 Å². The normalized spacial score (nSPS) is 20.4. The highest BCUT2D eigenvalue weighted by molar-refractivity contribution is 4.95. The van der Waals surface area contributed by atoms with Crippen LogP contribution in [0.5, 0.6) is 0 Å². The van der Waals surface area contributed by atoms with E-state index in [0.717, 1.165) is 25.3 Å². The van der Waals surface area contributed by atoms with Crippen LogP contribution in [0.1, 0.15) is 25.1 Å². The fraction of sp³-hybridized carbons (Fsp3) is 0.727. The molecule has 1 aliphatic heterocycles. The van der Waals surface area contributed by atoms with Gasteiger partial charge in [0.25, 0.3) is 0 Å². The molecule has 0 radical (unpaired) electrons. The van der Waals surface area contributed by atoms with Crippen LogP contribution in [0.25, 0.3) is 0 Å². The van der Waals surface area contributed by atoms with Gasteiger partial charge in [-0.25, -0.2) is 9.37 Å². The lowest BCUT2D eigenvalue weighted by atomic mass is 9.89. The fourth-order valence-corrected chi connectivity index (χ4v) is 2.10. The summed E-state index contributed by atoms with van der Waals surface area (Å²) < 4.78 is 16.2. The molecule has 1 aromatic rings. The molecule has 1 N–H and O–H groups in total. The molecule has 84 valence electrons. The van der Waals surface area contributed by atoms with Gasteiger partial charge in [-0.15, -0.1) is 0 Å². The molecular weight excluding hydrogens is 193 g/mol. The SMILES string of the molecule is Cn1ccnc1CCC1(F)CCNCC1. The van der Waals surface area contributed by atoms with Gasteiger partial charge in [0.2, 0.25) is 0 Å². The van der Waals surface area contributed by atoms with Crippen LogP contribution >= 0.6 is 0 Å². The highest BCUT2D eigenvalue weighted by Crippen LogP contribution is 2.28. The Morgan fingerprint density at radius 2 is 2.27 bits per heavy atom. The third-order valence-electron chi connectivity index (χ3n) is 3.22. The van der Waals surface area contributed by atoms with Crippen molar-refractivity contribution in [3.05, 3.63) is 18.2 Å². The third-order valence-corrected chi connectivity index (χ3v) is 3.22. The Morgan fingerprint density at radius 1 is 1.53 bits per heavy atom.